The first kappa shape index (κ1) is 33.2. The van der Waals surface area contributed by atoms with Crippen LogP contribution in [0.25, 0.3) is 22.2 Å². The standard InChI is InChI=1S/C36H47ClN4O4/c1-24-8-4-9-26-17-18-31(40-33(24)26)32-29(11-5-12-30(32)37)36(44,19-7-20-39-35(43)45-3)28-10-6-21-41(23-28)34(42)27-15-13-25(14-16-27)22-38-2/h4-5,8-9,11-12,17-18,25,27-28,38,44H,6-7,10,13-16,19-23H2,1-3H3,(H,39,43)/t25-,27-,28-,36+/m1/s1. The molecule has 0 radical (unpaired) electrons. The van der Waals surface area contributed by atoms with E-state index in [1.54, 1.807) is 0 Å². The van der Waals surface area contributed by atoms with Gasteiger partial charge in [-0.15, -0.1) is 0 Å². The molecule has 2 fully saturated rings. The molecule has 1 saturated heterocycles. The Labute approximate surface area is 271 Å². The Morgan fingerprint density at radius 3 is 2.62 bits per heavy atom. The Hall–Kier alpha value is -3.20. The lowest BCUT2D eigenvalue weighted by atomic mass is 9.72. The summed E-state index contributed by atoms with van der Waals surface area (Å²) in [5.74, 6) is 0.676. The van der Waals surface area contributed by atoms with Crippen molar-refractivity contribution in [2.45, 2.75) is 63.9 Å². The number of rotatable bonds is 10. The van der Waals surface area contributed by atoms with Crippen molar-refractivity contribution in [2.75, 3.05) is 40.3 Å². The highest BCUT2D eigenvalue weighted by Gasteiger charge is 2.44. The smallest absolute Gasteiger partial charge is 0.406 e. The SMILES string of the molecule is CNC[C@H]1CC[C@H](C(=O)N2CCC[C@@H]([C@@](O)(CCCNC(=O)OC)c3cccc(Cl)c3-c3ccc4cccc(C)c4n3)C2)CC1. The van der Waals surface area contributed by atoms with Crippen LogP contribution in [0, 0.1) is 24.7 Å². The number of nitrogens with zero attached hydrogens (tertiary/aromatic N) is 2. The summed E-state index contributed by atoms with van der Waals surface area (Å²) in [5, 5.41) is 20.5. The van der Waals surface area contributed by atoms with Crippen LogP contribution in [-0.4, -0.2) is 67.3 Å². The minimum absolute atomic E-state index is 0.0426. The fraction of sp³-hybridized carbons (Fsp3) is 0.528. The molecule has 2 aliphatic rings. The van der Waals surface area contributed by atoms with Gasteiger partial charge in [-0.25, -0.2) is 9.78 Å². The van der Waals surface area contributed by atoms with Crippen molar-refractivity contribution in [3.05, 3.63) is 64.7 Å². The Morgan fingerprint density at radius 1 is 1.09 bits per heavy atom. The van der Waals surface area contributed by atoms with Crippen LogP contribution in [0.15, 0.2) is 48.5 Å². The summed E-state index contributed by atoms with van der Waals surface area (Å²) >= 11 is 6.94. The van der Waals surface area contributed by atoms with E-state index in [-0.39, 0.29) is 17.7 Å². The summed E-state index contributed by atoms with van der Waals surface area (Å²) in [6.45, 7) is 4.58. The number of ether oxygens (including phenoxy) is 1. The number of hydrogen-bond donors (Lipinski definition) is 3. The van der Waals surface area contributed by atoms with Crippen molar-refractivity contribution < 1.29 is 19.4 Å². The van der Waals surface area contributed by atoms with Gasteiger partial charge in [0.2, 0.25) is 5.91 Å². The van der Waals surface area contributed by atoms with Crippen molar-refractivity contribution >= 4 is 34.5 Å². The lowest BCUT2D eigenvalue weighted by molar-refractivity contribution is -0.142. The van der Waals surface area contributed by atoms with Gasteiger partial charge in [0.25, 0.3) is 0 Å². The second-order valence-corrected chi connectivity index (χ2v) is 13.3. The first-order chi connectivity index (χ1) is 21.7. The molecular formula is C36H47ClN4O4. The molecule has 8 nitrogen and oxygen atoms in total. The number of piperidine rings is 1. The third-order valence-electron chi connectivity index (χ3n) is 9.94. The number of pyridine rings is 1. The second-order valence-electron chi connectivity index (χ2n) is 12.9. The number of alkyl carbamates (subject to hydrolysis) is 1. The Morgan fingerprint density at radius 2 is 1.87 bits per heavy atom. The summed E-state index contributed by atoms with van der Waals surface area (Å²) in [6, 6.07) is 15.8. The summed E-state index contributed by atoms with van der Waals surface area (Å²) < 4.78 is 4.75. The van der Waals surface area contributed by atoms with Crippen molar-refractivity contribution in [3.8, 4) is 11.3 Å². The van der Waals surface area contributed by atoms with Gasteiger partial charge < -0.3 is 25.4 Å². The fourth-order valence-electron chi connectivity index (χ4n) is 7.49. The maximum Gasteiger partial charge on any atom is 0.406 e. The van der Waals surface area contributed by atoms with Crippen molar-refractivity contribution in [2.24, 2.45) is 17.8 Å². The van der Waals surface area contributed by atoms with Gasteiger partial charge in [-0.1, -0.05) is 48.0 Å². The van der Waals surface area contributed by atoms with Crippen LogP contribution in [0.4, 0.5) is 4.79 Å². The molecule has 3 N–H and O–H groups in total. The number of amides is 2. The molecule has 1 aliphatic heterocycles. The van der Waals surface area contributed by atoms with Gasteiger partial charge in [-0.05, 0) is 101 Å². The average molecular weight is 635 g/mol. The van der Waals surface area contributed by atoms with Crippen LogP contribution >= 0.6 is 11.6 Å². The fourth-order valence-corrected chi connectivity index (χ4v) is 7.76. The molecule has 242 valence electrons. The molecule has 45 heavy (non-hydrogen) atoms. The van der Waals surface area contributed by atoms with Crippen LogP contribution in [0.5, 0.6) is 0 Å². The van der Waals surface area contributed by atoms with Crippen molar-refractivity contribution in [3.63, 3.8) is 0 Å². The van der Waals surface area contributed by atoms with Crippen molar-refractivity contribution in [1.82, 2.24) is 20.5 Å². The molecule has 1 aromatic heterocycles. The first-order valence-electron chi connectivity index (χ1n) is 16.4. The third kappa shape index (κ3) is 7.45. The summed E-state index contributed by atoms with van der Waals surface area (Å²) in [4.78, 5) is 32.7. The molecule has 9 heteroatoms. The average Bonchev–Trinajstić information content (AvgIpc) is 3.06. The number of halogens is 1. The van der Waals surface area contributed by atoms with E-state index in [1.165, 1.54) is 7.11 Å². The molecule has 0 bridgehead atoms. The van der Waals surface area contributed by atoms with Gasteiger partial charge >= 0.3 is 6.09 Å². The zero-order valence-electron chi connectivity index (χ0n) is 26.8. The van der Waals surface area contributed by atoms with E-state index in [0.29, 0.717) is 60.2 Å². The molecular weight excluding hydrogens is 588 g/mol. The van der Waals surface area contributed by atoms with E-state index < -0.39 is 11.7 Å². The largest absolute Gasteiger partial charge is 0.453 e. The number of para-hydroxylation sites is 1. The Balaban J connectivity index is 1.47. The Kier molecular flexibility index (Phi) is 11.0. The molecule has 0 unspecified atom stereocenters. The number of aromatic nitrogens is 1. The number of benzene rings is 2. The van der Waals surface area contributed by atoms with Crippen LogP contribution in [0.2, 0.25) is 5.02 Å². The molecule has 1 aliphatic carbocycles. The number of likely N-dealkylation sites (tertiary alicyclic amines) is 1. The number of methoxy groups -OCH3 is 1. The minimum atomic E-state index is -1.32. The van der Waals surface area contributed by atoms with Gasteiger partial charge in [0.05, 0.1) is 28.9 Å². The van der Waals surface area contributed by atoms with E-state index in [9.17, 15) is 14.7 Å². The first-order valence-corrected chi connectivity index (χ1v) is 16.8. The number of carbonyl (C=O) groups excluding carboxylic acids is 2. The summed E-state index contributed by atoms with van der Waals surface area (Å²) in [6.07, 6.45) is 5.94. The molecule has 2 atom stereocenters. The molecule has 2 amide bonds. The van der Waals surface area contributed by atoms with Crippen LogP contribution in [0.1, 0.15) is 62.5 Å². The maximum absolute atomic E-state index is 13.8. The quantitative estimate of drug-likeness (QED) is 0.222. The van der Waals surface area contributed by atoms with Gasteiger partial charge in [0.1, 0.15) is 0 Å². The zero-order chi connectivity index (χ0) is 32.0. The summed E-state index contributed by atoms with van der Waals surface area (Å²) in [5.41, 5.74) is 2.76. The maximum atomic E-state index is 13.8. The molecule has 0 spiro atoms. The van der Waals surface area contributed by atoms with Crippen LogP contribution < -0.4 is 10.6 Å². The van der Waals surface area contributed by atoms with E-state index in [0.717, 1.165) is 61.5 Å². The van der Waals surface area contributed by atoms with E-state index in [2.05, 4.69) is 10.6 Å². The number of fused-ring (bicyclic) bond motifs is 1. The molecule has 5 rings (SSSR count). The lowest BCUT2D eigenvalue weighted by Gasteiger charge is -2.44. The van der Waals surface area contributed by atoms with Gasteiger partial charge in [-0.3, -0.25) is 4.79 Å². The number of carbonyl (C=O) groups is 2. The monoisotopic (exact) mass is 634 g/mol. The normalized spacial score (nSPS) is 21.7. The number of hydrogen-bond acceptors (Lipinski definition) is 6. The van der Waals surface area contributed by atoms with E-state index >= 15 is 0 Å². The topological polar surface area (TPSA) is 104 Å². The highest BCUT2D eigenvalue weighted by molar-refractivity contribution is 6.33. The summed E-state index contributed by atoms with van der Waals surface area (Å²) in [7, 11) is 3.32. The number of aryl methyl sites for hydroxylation is 1. The zero-order valence-corrected chi connectivity index (χ0v) is 27.5. The van der Waals surface area contributed by atoms with Crippen LogP contribution in [-0.2, 0) is 15.1 Å². The molecule has 2 heterocycles. The van der Waals surface area contributed by atoms with Crippen molar-refractivity contribution in [1.29, 1.82) is 0 Å². The molecule has 1 saturated carbocycles. The number of nitrogens with one attached hydrogen (secondary N) is 2. The van der Waals surface area contributed by atoms with Crippen LogP contribution in [0.3, 0.4) is 0 Å². The van der Waals surface area contributed by atoms with Gasteiger partial charge in [0.15, 0.2) is 0 Å². The highest BCUT2D eigenvalue weighted by atomic mass is 35.5. The lowest BCUT2D eigenvalue weighted by Crippen LogP contribution is -2.50. The Bertz CT molecular complexity index is 1490. The minimum Gasteiger partial charge on any atom is -0.453 e. The van der Waals surface area contributed by atoms with E-state index in [1.807, 2.05) is 67.4 Å². The predicted octanol–water partition coefficient (Wildman–Crippen LogP) is 6.45. The number of aliphatic hydroxyl groups is 1. The molecule has 3 aromatic rings. The highest BCUT2D eigenvalue weighted by Crippen LogP contribution is 2.46. The predicted molar refractivity (Wildman–Crippen MR) is 179 cm³/mol. The second kappa shape index (κ2) is 14.9. The third-order valence-corrected chi connectivity index (χ3v) is 10.3. The van der Waals surface area contributed by atoms with Gasteiger partial charge in [-0.2, -0.15) is 0 Å². The molecule has 2 aromatic carbocycles. The van der Waals surface area contributed by atoms with Gasteiger partial charge in [0, 0.05) is 42.4 Å². The van der Waals surface area contributed by atoms with E-state index in [4.69, 9.17) is 21.3 Å².